The molecule has 0 saturated heterocycles. The van der Waals surface area contributed by atoms with Crippen molar-refractivity contribution in [2.45, 2.75) is 40.7 Å². The van der Waals surface area contributed by atoms with Crippen LogP contribution < -0.4 is 10.0 Å². The maximum Gasteiger partial charge on any atom is 0.336 e. The van der Waals surface area contributed by atoms with Crippen LogP contribution in [0.3, 0.4) is 0 Å². The van der Waals surface area contributed by atoms with E-state index in [1.807, 2.05) is 0 Å². The minimum Gasteiger partial charge on any atom is -0.478 e. The Balaban J connectivity index is 3.20. The molecule has 0 aliphatic rings. The molecule has 1 unspecified atom stereocenters. The summed E-state index contributed by atoms with van der Waals surface area (Å²) in [6.45, 7) is 8.62. The van der Waals surface area contributed by atoms with Gasteiger partial charge in [0.25, 0.3) is 0 Å². The zero-order chi connectivity index (χ0) is 18.9. The van der Waals surface area contributed by atoms with Crippen LogP contribution in [0.25, 0.3) is 0 Å². The van der Waals surface area contributed by atoms with Crippen LogP contribution in [0, 0.1) is 19.3 Å². The van der Waals surface area contributed by atoms with Crippen molar-refractivity contribution in [3.05, 3.63) is 28.8 Å². The topological polar surface area (TPSA) is 113 Å². The lowest BCUT2D eigenvalue weighted by Crippen LogP contribution is -2.51. The van der Waals surface area contributed by atoms with E-state index in [1.165, 1.54) is 6.07 Å². The standard InChI is InChI=1S/C16H24N2O5S/c1-9-7-10(2)12(8-11(9)15(20)21)17-14(19)13(16(3,4)5)18-24(6,22)23/h7-8,13,18H,1-6H3,(H,17,19)(H,20,21). The fourth-order valence-corrected chi connectivity index (χ4v) is 3.15. The molecular formula is C16H24N2O5S. The smallest absolute Gasteiger partial charge is 0.336 e. The van der Waals surface area contributed by atoms with Gasteiger partial charge in [-0.25, -0.2) is 17.9 Å². The van der Waals surface area contributed by atoms with Gasteiger partial charge in [-0.1, -0.05) is 26.8 Å². The van der Waals surface area contributed by atoms with Crippen molar-refractivity contribution in [2.75, 3.05) is 11.6 Å². The third kappa shape index (κ3) is 5.31. The van der Waals surface area contributed by atoms with E-state index in [4.69, 9.17) is 0 Å². The fourth-order valence-electron chi connectivity index (χ4n) is 2.26. The number of aromatic carboxylic acids is 1. The molecule has 134 valence electrons. The van der Waals surface area contributed by atoms with E-state index in [2.05, 4.69) is 10.0 Å². The van der Waals surface area contributed by atoms with Crippen LogP contribution in [0.1, 0.15) is 42.3 Å². The summed E-state index contributed by atoms with van der Waals surface area (Å²) >= 11 is 0. The first-order chi connectivity index (χ1) is 10.7. The van der Waals surface area contributed by atoms with E-state index < -0.39 is 33.4 Å². The molecule has 1 aromatic rings. The molecule has 0 aliphatic carbocycles. The summed E-state index contributed by atoms with van der Waals surface area (Å²) in [4.78, 5) is 23.8. The van der Waals surface area contributed by atoms with Crippen molar-refractivity contribution in [2.24, 2.45) is 5.41 Å². The Morgan fingerprint density at radius 3 is 2.08 bits per heavy atom. The van der Waals surface area contributed by atoms with Gasteiger partial charge in [-0.15, -0.1) is 0 Å². The number of rotatable bonds is 5. The van der Waals surface area contributed by atoms with Crippen molar-refractivity contribution in [1.82, 2.24) is 4.72 Å². The van der Waals surface area contributed by atoms with Gasteiger partial charge in [-0.2, -0.15) is 0 Å². The molecule has 3 N–H and O–H groups in total. The van der Waals surface area contributed by atoms with E-state index in [-0.39, 0.29) is 5.56 Å². The van der Waals surface area contributed by atoms with Crippen molar-refractivity contribution < 1.29 is 23.1 Å². The number of carboxylic acids is 1. The Morgan fingerprint density at radius 1 is 1.12 bits per heavy atom. The van der Waals surface area contributed by atoms with E-state index in [0.717, 1.165) is 6.26 Å². The maximum absolute atomic E-state index is 12.6. The summed E-state index contributed by atoms with van der Waals surface area (Å²) in [5.41, 5.74) is 1.03. The molecule has 0 aromatic heterocycles. The number of nitrogens with one attached hydrogen (secondary N) is 2. The Bertz CT molecular complexity index is 763. The number of amides is 1. The normalized spacial score (nSPS) is 13.4. The molecule has 1 aromatic carbocycles. The summed E-state index contributed by atoms with van der Waals surface area (Å²) in [5.74, 6) is -1.64. The van der Waals surface area contributed by atoms with Crippen molar-refractivity contribution in [3.8, 4) is 0 Å². The largest absolute Gasteiger partial charge is 0.478 e. The first-order valence-electron chi connectivity index (χ1n) is 7.35. The van der Waals surface area contributed by atoms with Crippen LogP contribution in [0.4, 0.5) is 5.69 Å². The molecule has 0 heterocycles. The van der Waals surface area contributed by atoms with Gasteiger partial charge >= 0.3 is 5.97 Å². The Kier molecular flexibility index (Phi) is 5.78. The number of sulfonamides is 1. The van der Waals surface area contributed by atoms with Crippen LogP contribution in [-0.2, 0) is 14.8 Å². The van der Waals surface area contributed by atoms with Crippen LogP contribution in [0.2, 0.25) is 0 Å². The lowest BCUT2D eigenvalue weighted by molar-refractivity contribution is -0.119. The van der Waals surface area contributed by atoms with Crippen LogP contribution in [0.5, 0.6) is 0 Å². The number of hydrogen-bond donors (Lipinski definition) is 3. The lowest BCUT2D eigenvalue weighted by Gasteiger charge is -2.29. The molecule has 0 bridgehead atoms. The third-order valence-corrected chi connectivity index (χ3v) is 4.18. The predicted molar refractivity (Wildman–Crippen MR) is 92.7 cm³/mol. The van der Waals surface area contributed by atoms with Crippen molar-refractivity contribution in [3.63, 3.8) is 0 Å². The third-order valence-electron chi connectivity index (χ3n) is 3.52. The molecule has 24 heavy (non-hydrogen) atoms. The van der Waals surface area contributed by atoms with Gasteiger partial charge in [0, 0.05) is 5.69 Å². The zero-order valence-electron chi connectivity index (χ0n) is 14.7. The van der Waals surface area contributed by atoms with Gasteiger partial charge in [0.15, 0.2) is 0 Å². The van der Waals surface area contributed by atoms with Crippen LogP contribution in [-0.4, -0.2) is 37.7 Å². The second-order valence-corrected chi connectivity index (χ2v) is 8.75. The van der Waals surface area contributed by atoms with Crippen molar-refractivity contribution >= 4 is 27.6 Å². The Hall–Kier alpha value is -1.93. The van der Waals surface area contributed by atoms with Gasteiger partial charge in [0.1, 0.15) is 6.04 Å². The van der Waals surface area contributed by atoms with Crippen molar-refractivity contribution in [1.29, 1.82) is 0 Å². The minimum atomic E-state index is -3.59. The SMILES string of the molecule is Cc1cc(C)c(C(=O)O)cc1NC(=O)C(NS(C)(=O)=O)C(C)(C)C. The van der Waals surface area contributed by atoms with E-state index in [9.17, 15) is 23.1 Å². The van der Waals surface area contributed by atoms with E-state index in [0.29, 0.717) is 16.8 Å². The molecule has 0 aliphatic heterocycles. The number of carboxylic acid groups (broad SMARTS) is 1. The zero-order valence-corrected chi connectivity index (χ0v) is 15.5. The average molecular weight is 356 g/mol. The highest BCUT2D eigenvalue weighted by Gasteiger charge is 2.34. The van der Waals surface area contributed by atoms with Crippen LogP contribution in [0.15, 0.2) is 12.1 Å². The highest BCUT2D eigenvalue weighted by Crippen LogP contribution is 2.24. The Morgan fingerprint density at radius 2 is 1.67 bits per heavy atom. The average Bonchev–Trinajstić information content (AvgIpc) is 2.36. The van der Waals surface area contributed by atoms with Gasteiger partial charge in [0.05, 0.1) is 11.8 Å². The first-order valence-corrected chi connectivity index (χ1v) is 9.24. The van der Waals surface area contributed by atoms with E-state index in [1.54, 1.807) is 40.7 Å². The molecule has 1 atom stereocenters. The van der Waals surface area contributed by atoms with Gasteiger partial charge in [-0.05, 0) is 36.5 Å². The summed E-state index contributed by atoms with van der Waals surface area (Å²) in [7, 11) is -3.59. The summed E-state index contributed by atoms with van der Waals surface area (Å²) in [6, 6.07) is 2.04. The molecule has 0 fully saturated rings. The van der Waals surface area contributed by atoms with Crippen LogP contribution >= 0.6 is 0 Å². The number of aryl methyl sites for hydroxylation is 2. The molecular weight excluding hydrogens is 332 g/mol. The second-order valence-electron chi connectivity index (χ2n) is 6.97. The molecule has 1 rings (SSSR count). The highest BCUT2D eigenvalue weighted by atomic mass is 32.2. The van der Waals surface area contributed by atoms with Gasteiger partial charge in [0.2, 0.25) is 15.9 Å². The number of carbonyl (C=O) groups is 2. The first kappa shape index (κ1) is 20.1. The minimum absolute atomic E-state index is 0.0827. The molecule has 1 amide bonds. The monoisotopic (exact) mass is 356 g/mol. The van der Waals surface area contributed by atoms with Gasteiger partial charge in [-0.3, -0.25) is 4.79 Å². The van der Waals surface area contributed by atoms with Gasteiger partial charge < -0.3 is 10.4 Å². The molecule has 0 saturated carbocycles. The summed E-state index contributed by atoms with van der Waals surface area (Å²) in [6.07, 6.45) is 0.985. The summed E-state index contributed by atoms with van der Waals surface area (Å²) < 4.78 is 25.4. The highest BCUT2D eigenvalue weighted by molar-refractivity contribution is 7.88. The number of carbonyl (C=O) groups excluding carboxylic acids is 1. The predicted octanol–water partition coefficient (Wildman–Crippen LogP) is 1.90. The number of hydrogen-bond acceptors (Lipinski definition) is 4. The lowest BCUT2D eigenvalue weighted by atomic mass is 9.87. The molecule has 7 nitrogen and oxygen atoms in total. The molecule has 0 radical (unpaired) electrons. The maximum atomic E-state index is 12.6. The molecule has 0 spiro atoms. The number of benzene rings is 1. The second kappa shape index (κ2) is 6.90. The quantitative estimate of drug-likeness (QED) is 0.746. The fraction of sp³-hybridized carbons (Fsp3) is 0.500. The number of anilines is 1. The summed E-state index contributed by atoms with van der Waals surface area (Å²) in [5, 5.41) is 11.8. The Labute approximate surface area is 142 Å². The molecule has 8 heteroatoms. The van der Waals surface area contributed by atoms with E-state index >= 15 is 0 Å².